The number of hydrogen-bond acceptors (Lipinski definition) is 1. The first-order valence-electron chi connectivity index (χ1n) is 4.34. The van der Waals surface area contributed by atoms with Crippen molar-refractivity contribution in [1.29, 1.82) is 0 Å². The summed E-state index contributed by atoms with van der Waals surface area (Å²) in [5.41, 5.74) is 0.538. The Bertz CT molecular complexity index is 334. The van der Waals surface area contributed by atoms with E-state index in [0.717, 1.165) is 5.56 Å². The molecule has 1 nitrogen and oxygen atoms in total. The van der Waals surface area contributed by atoms with Crippen LogP contribution < -0.4 is 0 Å². The minimum Gasteiger partial charge on any atom is -0.299 e. The van der Waals surface area contributed by atoms with E-state index in [0.29, 0.717) is 10.4 Å². The van der Waals surface area contributed by atoms with E-state index in [2.05, 4.69) is 15.9 Å². The van der Waals surface area contributed by atoms with E-state index in [1.54, 1.807) is 19.1 Å². The van der Waals surface area contributed by atoms with Gasteiger partial charge in [0.1, 0.15) is 5.78 Å². The molecule has 0 bridgehead atoms. The Balaban J connectivity index is 3.13. The van der Waals surface area contributed by atoms with E-state index in [1.165, 1.54) is 0 Å². The fourth-order valence-corrected chi connectivity index (χ4v) is 2.04. The SMILES string of the molecule is CC(=O)C(C)(CBr)c1ccc(Cl)cc1. The Morgan fingerprint density at radius 1 is 1.43 bits per heavy atom. The van der Waals surface area contributed by atoms with Crippen LogP contribution in [0.1, 0.15) is 19.4 Å². The molecule has 0 saturated carbocycles. The highest BCUT2D eigenvalue weighted by Crippen LogP contribution is 2.28. The lowest BCUT2D eigenvalue weighted by Gasteiger charge is -2.24. The number of hydrogen-bond donors (Lipinski definition) is 0. The zero-order valence-electron chi connectivity index (χ0n) is 8.18. The van der Waals surface area contributed by atoms with Gasteiger partial charge in [-0.15, -0.1) is 0 Å². The van der Waals surface area contributed by atoms with Crippen LogP contribution in [0.25, 0.3) is 0 Å². The van der Waals surface area contributed by atoms with Gasteiger partial charge in [-0.2, -0.15) is 0 Å². The minimum atomic E-state index is -0.454. The molecule has 0 saturated heterocycles. The number of benzene rings is 1. The lowest BCUT2D eigenvalue weighted by molar-refractivity contribution is -0.121. The summed E-state index contributed by atoms with van der Waals surface area (Å²) >= 11 is 9.16. The normalized spacial score (nSPS) is 14.9. The molecular weight excluding hydrogens is 263 g/mol. The van der Waals surface area contributed by atoms with Crippen molar-refractivity contribution in [1.82, 2.24) is 0 Å². The first kappa shape index (κ1) is 11.7. The number of alkyl halides is 1. The fourth-order valence-electron chi connectivity index (χ4n) is 1.19. The molecule has 3 heteroatoms. The first-order chi connectivity index (χ1) is 6.50. The van der Waals surface area contributed by atoms with E-state index in [1.807, 2.05) is 19.1 Å². The number of Topliss-reactive ketones (excluding diaryl/α,β-unsaturated/α-hetero) is 1. The summed E-state index contributed by atoms with van der Waals surface area (Å²) in [6, 6.07) is 7.40. The van der Waals surface area contributed by atoms with Crippen LogP contribution in [0.4, 0.5) is 0 Å². The van der Waals surface area contributed by atoms with E-state index in [9.17, 15) is 4.79 Å². The van der Waals surface area contributed by atoms with Gasteiger partial charge in [0.05, 0.1) is 5.41 Å². The van der Waals surface area contributed by atoms with Crippen molar-refractivity contribution in [2.75, 3.05) is 5.33 Å². The molecule has 0 aliphatic heterocycles. The van der Waals surface area contributed by atoms with Crippen LogP contribution >= 0.6 is 27.5 Å². The van der Waals surface area contributed by atoms with Gasteiger partial charge in [-0.25, -0.2) is 0 Å². The second-order valence-electron chi connectivity index (χ2n) is 3.53. The molecule has 0 amide bonds. The summed E-state index contributed by atoms with van der Waals surface area (Å²) < 4.78 is 0. The molecule has 0 heterocycles. The van der Waals surface area contributed by atoms with Crippen molar-refractivity contribution in [2.24, 2.45) is 0 Å². The highest BCUT2D eigenvalue weighted by Gasteiger charge is 2.30. The summed E-state index contributed by atoms with van der Waals surface area (Å²) in [5.74, 6) is 0.150. The van der Waals surface area contributed by atoms with E-state index < -0.39 is 5.41 Å². The number of carbonyl (C=O) groups is 1. The number of ketones is 1. The monoisotopic (exact) mass is 274 g/mol. The Morgan fingerprint density at radius 3 is 2.29 bits per heavy atom. The van der Waals surface area contributed by atoms with E-state index >= 15 is 0 Å². The Hall–Kier alpha value is -0.340. The zero-order chi connectivity index (χ0) is 10.8. The van der Waals surface area contributed by atoms with Crippen molar-refractivity contribution in [3.05, 3.63) is 34.9 Å². The van der Waals surface area contributed by atoms with Crippen molar-refractivity contribution in [3.63, 3.8) is 0 Å². The molecule has 14 heavy (non-hydrogen) atoms. The Kier molecular flexibility index (Phi) is 3.73. The number of rotatable bonds is 3. The molecule has 0 fully saturated rings. The molecule has 0 spiro atoms. The molecule has 1 rings (SSSR count). The van der Waals surface area contributed by atoms with Crippen LogP contribution in [0.15, 0.2) is 24.3 Å². The van der Waals surface area contributed by atoms with Crippen LogP contribution in [0.5, 0.6) is 0 Å². The third-order valence-corrected chi connectivity index (χ3v) is 3.90. The topological polar surface area (TPSA) is 17.1 Å². The van der Waals surface area contributed by atoms with Crippen molar-refractivity contribution in [2.45, 2.75) is 19.3 Å². The highest BCUT2D eigenvalue weighted by molar-refractivity contribution is 9.09. The van der Waals surface area contributed by atoms with Crippen molar-refractivity contribution in [3.8, 4) is 0 Å². The lowest BCUT2D eigenvalue weighted by Crippen LogP contribution is -2.32. The second kappa shape index (κ2) is 4.45. The second-order valence-corrected chi connectivity index (χ2v) is 4.53. The molecule has 1 aromatic carbocycles. The van der Waals surface area contributed by atoms with E-state index in [-0.39, 0.29) is 5.78 Å². The van der Waals surface area contributed by atoms with Gasteiger partial charge in [0.2, 0.25) is 0 Å². The summed E-state index contributed by atoms with van der Waals surface area (Å²) in [6.07, 6.45) is 0. The van der Waals surface area contributed by atoms with Gasteiger partial charge >= 0.3 is 0 Å². The molecule has 0 aromatic heterocycles. The summed E-state index contributed by atoms with van der Waals surface area (Å²) in [6.45, 7) is 3.53. The first-order valence-corrected chi connectivity index (χ1v) is 5.83. The molecule has 1 unspecified atom stereocenters. The molecule has 0 aliphatic rings. The summed E-state index contributed by atoms with van der Waals surface area (Å²) in [7, 11) is 0. The fraction of sp³-hybridized carbons (Fsp3) is 0.364. The van der Waals surface area contributed by atoms with E-state index in [4.69, 9.17) is 11.6 Å². The highest BCUT2D eigenvalue weighted by atomic mass is 79.9. The van der Waals surface area contributed by atoms with Crippen LogP contribution in [-0.4, -0.2) is 11.1 Å². The molecule has 1 aromatic rings. The Morgan fingerprint density at radius 2 is 1.93 bits per heavy atom. The number of carbonyl (C=O) groups excluding carboxylic acids is 1. The van der Waals surface area contributed by atoms with Crippen molar-refractivity contribution < 1.29 is 4.79 Å². The van der Waals surface area contributed by atoms with Gasteiger partial charge in [0.15, 0.2) is 0 Å². The minimum absolute atomic E-state index is 0.150. The van der Waals surface area contributed by atoms with Crippen LogP contribution in [-0.2, 0) is 10.2 Å². The Labute approximate surface area is 97.6 Å². The van der Waals surface area contributed by atoms with Crippen LogP contribution in [0.3, 0.4) is 0 Å². The lowest BCUT2D eigenvalue weighted by atomic mass is 9.81. The number of halogens is 2. The van der Waals surface area contributed by atoms with Crippen LogP contribution in [0.2, 0.25) is 5.02 Å². The molecule has 1 atom stereocenters. The third kappa shape index (κ3) is 2.18. The zero-order valence-corrected chi connectivity index (χ0v) is 10.5. The summed E-state index contributed by atoms with van der Waals surface area (Å²) in [5, 5.41) is 1.31. The molecular formula is C11H12BrClO. The molecule has 0 aliphatic carbocycles. The standard InChI is InChI=1S/C11H12BrClO/c1-8(14)11(2,7-12)9-3-5-10(13)6-4-9/h3-6H,7H2,1-2H3. The van der Waals surface area contributed by atoms with Gasteiger partial charge in [-0.05, 0) is 31.5 Å². The predicted octanol–water partition coefficient (Wildman–Crippen LogP) is 3.58. The van der Waals surface area contributed by atoms with Gasteiger partial charge in [0, 0.05) is 10.4 Å². The van der Waals surface area contributed by atoms with Gasteiger partial charge in [-0.1, -0.05) is 39.7 Å². The largest absolute Gasteiger partial charge is 0.299 e. The molecule has 0 radical (unpaired) electrons. The maximum Gasteiger partial charge on any atom is 0.140 e. The smallest absolute Gasteiger partial charge is 0.140 e. The van der Waals surface area contributed by atoms with Crippen LogP contribution in [0, 0.1) is 0 Å². The van der Waals surface area contributed by atoms with Gasteiger partial charge < -0.3 is 0 Å². The molecule has 76 valence electrons. The average molecular weight is 276 g/mol. The summed E-state index contributed by atoms with van der Waals surface area (Å²) in [4.78, 5) is 11.5. The van der Waals surface area contributed by atoms with Crippen molar-refractivity contribution >= 4 is 33.3 Å². The average Bonchev–Trinajstić information content (AvgIpc) is 2.17. The quantitative estimate of drug-likeness (QED) is 0.771. The van der Waals surface area contributed by atoms with Gasteiger partial charge in [-0.3, -0.25) is 4.79 Å². The maximum absolute atomic E-state index is 11.5. The predicted molar refractivity (Wildman–Crippen MR) is 63.3 cm³/mol. The maximum atomic E-state index is 11.5. The van der Waals surface area contributed by atoms with Gasteiger partial charge in [0.25, 0.3) is 0 Å². The molecule has 0 N–H and O–H groups in total. The third-order valence-electron chi connectivity index (χ3n) is 2.53.